The minimum atomic E-state index is -0.342. The number of nitrogens with one attached hydrogen (secondary N) is 3. The van der Waals surface area contributed by atoms with Gasteiger partial charge in [-0.15, -0.1) is 0 Å². The van der Waals surface area contributed by atoms with Crippen LogP contribution in [0.2, 0.25) is 0 Å². The predicted octanol–water partition coefficient (Wildman–Crippen LogP) is 1.28. The van der Waals surface area contributed by atoms with Crippen molar-refractivity contribution in [2.45, 2.75) is 32.4 Å². The zero-order valence-corrected chi connectivity index (χ0v) is 14.0. The van der Waals surface area contributed by atoms with Gasteiger partial charge in [-0.25, -0.2) is 0 Å². The van der Waals surface area contributed by atoms with Gasteiger partial charge in [-0.1, -0.05) is 19.1 Å². The minimum absolute atomic E-state index is 0.0219. The maximum Gasteiger partial charge on any atom is 0.253 e. The van der Waals surface area contributed by atoms with E-state index >= 15 is 0 Å². The van der Waals surface area contributed by atoms with Crippen LogP contribution < -0.4 is 16.0 Å². The van der Waals surface area contributed by atoms with E-state index in [9.17, 15) is 9.59 Å². The zero-order chi connectivity index (χ0) is 16.9. The molecule has 0 saturated carbocycles. The summed E-state index contributed by atoms with van der Waals surface area (Å²) in [6.45, 7) is 4.92. The molecule has 24 heavy (non-hydrogen) atoms. The molecule has 2 atom stereocenters. The van der Waals surface area contributed by atoms with E-state index in [0.717, 1.165) is 37.2 Å². The van der Waals surface area contributed by atoms with Crippen LogP contribution in [0.25, 0.3) is 0 Å². The summed E-state index contributed by atoms with van der Waals surface area (Å²) in [6.07, 6.45) is 1.36. The van der Waals surface area contributed by atoms with E-state index in [-0.39, 0.29) is 23.8 Å². The summed E-state index contributed by atoms with van der Waals surface area (Å²) >= 11 is 0. The number of ether oxygens (including phenoxy) is 1. The fourth-order valence-electron chi connectivity index (χ4n) is 3.00. The minimum Gasteiger partial charge on any atom is -0.368 e. The first-order valence-electron chi connectivity index (χ1n) is 8.63. The highest BCUT2D eigenvalue weighted by Gasteiger charge is 2.28. The number of hydrogen-bond acceptors (Lipinski definition) is 4. The number of carbonyl (C=O) groups excluding carboxylic acids is 2. The summed E-state index contributed by atoms with van der Waals surface area (Å²) in [5.74, 6) is 0.436. The van der Waals surface area contributed by atoms with E-state index in [0.29, 0.717) is 19.1 Å². The first kappa shape index (κ1) is 16.9. The molecule has 0 aliphatic carbocycles. The Morgan fingerprint density at radius 1 is 1.38 bits per heavy atom. The fourth-order valence-corrected chi connectivity index (χ4v) is 3.00. The topological polar surface area (TPSA) is 79.5 Å². The highest BCUT2D eigenvalue weighted by molar-refractivity contribution is 5.94. The van der Waals surface area contributed by atoms with E-state index in [1.165, 1.54) is 0 Å². The lowest BCUT2D eigenvalue weighted by Crippen LogP contribution is -2.49. The summed E-state index contributed by atoms with van der Waals surface area (Å²) in [5, 5.41) is 9.05. The van der Waals surface area contributed by atoms with Crippen LogP contribution in [0.1, 0.15) is 25.3 Å². The lowest BCUT2D eigenvalue weighted by atomic mass is 9.88. The number of amides is 2. The van der Waals surface area contributed by atoms with Crippen molar-refractivity contribution in [2.24, 2.45) is 11.8 Å². The molecule has 1 aromatic carbocycles. The van der Waals surface area contributed by atoms with Gasteiger partial charge in [-0.2, -0.15) is 0 Å². The molecule has 2 heterocycles. The second-order valence-electron chi connectivity index (χ2n) is 6.62. The molecule has 6 nitrogen and oxygen atoms in total. The van der Waals surface area contributed by atoms with Gasteiger partial charge in [-0.3, -0.25) is 9.59 Å². The second kappa shape index (κ2) is 7.77. The maximum absolute atomic E-state index is 12.2. The molecule has 0 bridgehead atoms. The van der Waals surface area contributed by atoms with Crippen LogP contribution in [-0.2, 0) is 20.9 Å². The first-order valence-corrected chi connectivity index (χ1v) is 8.63. The number of hydrogen-bond donors (Lipinski definition) is 3. The third kappa shape index (κ3) is 4.13. The molecule has 2 amide bonds. The van der Waals surface area contributed by atoms with Gasteiger partial charge >= 0.3 is 0 Å². The number of anilines is 1. The van der Waals surface area contributed by atoms with E-state index < -0.39 is 0 Å². The Balaban J connectivity index is 1.51. The fraction of sp³-hybridized carbons (Fsp3) is 0.556. The van der Waals surface area contributed by atoms with Crippen LogP contribution in [0.4, 0.5) is 5.69 Å². The standard InChI is InChI=1S/C18H25N3O3/c1-12(14-10-19-11-14)17(22)20-9-13-4-2-5-15(8-13)21-18(23)16-6-3-7-24-16/h2,4-5,8,12,14,16,19H,3,6-7,9-11H2,1H3,(H,20,22)(H,21,23). The van der Waals surface area contributed by atoms with Gasteiger partial charge in [0.1, 0.15) is 6.10 Å². The molecule has 2 saturated heterocycles. The highest BCUT2D eigenvalue weighted by atomic mass is 16.5. The molecule has 0 spiro atoms. The van der Waals surface area contributed by atoms with Crippen molar-refractivity contribution in [1.29, 1.82) is 0 Å². The van der Waals surface area contributed by atoms with Gasteiger partial charge in [0.05, 0.1) is 0 Å². The molecule has 2 fully saturated rings. The number of benzene rings is 1. The van der Waals surface area contributed by atoms with Crippen molar-refractivity contribution < 1.29 is 14.3 Å². The van der Waals surface area contributed by atoms with Gasteiger partial charge in [0, 0.05) is 24.8 Å². The molecule has 6 heteroatoms. The lowest BCUT2D eigenvalue weighted by molar-refractivity contribution is -0.127. The van der Waals surface area contributed by atoms with Crippen molar-refractivity contribution in [3.8, 4) is 0 Å². The SMILES string of the molecule is CC(C(=O)NCc1cccc(NC(=O)C2CCCO2)c1)C1CNC1. The van der Waals surface area contributed by atoms with Gasteiger partial charge < -0.3 is 20.7 Å². The summed E-state index contributed by atoms with van der Waals surface area (Å²) in [4.78, 5) is 24.2. The van der Waals surface area contributed by atoms with Gasteiger partial charge in [-0.05, 0) is 49.5 Å². The molecule has 2 aliphatic rings. The molecule has 130 valence electrons. The number of carbonyl (C=O) groups is 2. The van der Waals surface area contributed by atoms with Crippen molar-refractivity contribution in [3.63, 3.8) is 0 Å². The van der Waals surface area contributed by atoms with Crippen LogP contribution in [-0.4, -0.2) is 37.6 Å². The normalized spacial score (nSPS) is 21.8. The molecule has 1 aromatic rings. The van der Waals surface area contributed by atoms with Crippen molar-refractivity contribution in [3.05, 3.63) is 29.8 Å². The van der Waals surface area contributed by atoms with Crippen LogP contribution in [0.15, 0.2) is 24.3 Å². The Morgan fingerprint density at radius 3 is 2.88 bits per heavy atom. The summed E-state index contributed by atoms with van der Waals surface area (Å²) in [7, 11) is 0. The molecule has 3 N–H and O–H groups in total. The van der Waals surface area contributed by atoms with Crippen molar-refractivity contribution >= 4 is 17.5 Å². The number of rotatable bonds is 6. The zero-order valence-electron chi connectivity index (χ0n) is 14.0. The Kier molecular flexibility index (Phi) is 5.48. The maximum atomic E-state index is 12.2. The molecule has 0 aromatic heterocycles. The smallest absolute Gasteiger partial charge is 0.253 e. The van der Waals surface area contributed by atoms with Crippen molar-refractivity contribution in [2.75, 3.05) is 25.0 Å². The average Bonchev–Trinajstić information content (AvgIpc) is 3.06. The van der Waals surface area contributed by atoms with Gasteiger partial charge in [0.15, 0.2) is 0 Å². The largest absolute Gasteiger partial charge is 0.368 e. The molecule has 0 radical (unpaired) electrons. The van der Waals surface area contributed by atoms with Crippen LogP contribution >= 0.6 is 0 Å². The van der Waals surface area contributed by atoms with E-state index in [2.05, 4.69) is 16.0 Å². The van der Waals surface area contributed by atoms with Crippen LogP contribution in [0.3, 0.4) is 0 Å². The Hall–Kier alpha value is -1.92. The lowest BCUT2D eigenvalue weighted by Gasteiger charge is -2.31. The average molecular weight is 331 g/mol. The summed E-state index contributed by atoms with van der Waals surface area (Å²) in [5.41, 5.74) is 1.70. The van der Waals surface area contributed by atoms with E-state index in [4.69, 9.17) is 4.74 Å². The van der Waals surface area contributed by atoms with Gasteiger partial charge in [0.25, 0.3) is 5.91 Å². The third-order valence-corrected chi connectivity index (χ3v) is 4.82. The molecule has 2 aliphatic heterocycles. The quantitative estimate of drug-likeness (QED) is 0.734. The summed E-state index contributed by atoms with van der Waals surface area (Å²) < 4.78 is 5.39. The highest BCUT2D eigenvalue weighted by Crippen LogP contribution is 2.18. The van der Waals surface area contributed by atoms with Crippen molar-refractivity contribution in [1.82, 2.24) is 10.6 Å². The van der Waals surface area contributed by atoms with Crippen LogP contribution in [0.5, 0.6) is 0 Å². The predicted molar refractivity (Wildman–Crippen MR) is 91.4 cm³/mol. The van der Waals surface area contributed by atoms with E-state index in [1.54, 1.807) is 0 Å². The second-order valence-corrected chi connectivity index (χ2v) is 6.62. The Bertz CT molecular complexity index is 595. The van der Waals surface area contributed by atoms with Gasteiger partial charge in [0.2, 0.25) is 5.91 Å². The van der Waals surface area contributed by atoms with E-state index in [1.807, 2.05) is 31.2 Å². The monoisotopic (exact) mass is 331 g/mol. The Morgan fingerprint density at radius 2 is 2.21 bits per heavy atom. The molecular weight excluding hydrogens is 306 g/mol. The Labute approximate surface area is 142 Å². The molecule has 2 unspecified atom stereocenters. The molecular formula is C18H25N3O3. The first-order chi connectivity index (χ1) is 11.6. The third-order valence-electron chi connectivity index (χ3n) is 4.82. The molecule has 3 rings (SSSR count). The van der Waals surface area contributed by atoms with Crippen LogP contribution in [0, 0.1) is 11.8 Å². The summed E-state index contributed by atoms with van der Waals surface area (Å²) in [6, 6.07) is 7.56.